The molecule has 1 fully saturated rings. The van der Waals surface area contributed by atoms with Crippen LogP contribution in [0, 0.1) is 5.82 Å². The molecule has 6 heteroatoms. The highest BCUT2D eigenvalue weighted by Crippen LogP contribution is 2.35. The van der Waals surface area contributed by atoms with Crippen molar-refractivity contribution < 1.29 is 4.39 Å². The molecule has 0 radical (unpaired) electrons. The third-order valence-electron chi connectivity index (χ3n) is 4.85. The molecule has 26 heavy (non-hydrogen) atoms. The van der Waals surface area contributed by atoms with Gasteiger partial charge in [0.2, 0.25) is 0 Å². The quantitative estimate of drug-likeness (QED) is 0.750. The molecule has 3 heterocycles. The smallest absolute Gasteiger partial charge is 0.123 e. The van der Waals surface area contributed by atoms with Crippen LogP contribution in [0.3, 0.4) is 0 Å². The summed E-state index contributed by atoms with van der Waals surface area (Å²) in [5.41, 5.74) is 5.02. The highest BCUT2D eigenvalue weighted by Gasteiger charge is 2.26. The average molecular weight is 373 g/mol. The molecule has 4 nitrogen and oxygen atoms in total. The predicted octanol–water partition coefficient (Wildman–Crippen LogP) is 4.18. The summed E-state index contributed by atoms with van der Waals surface area (Å²) in [5, 5.41) is 8.10. The number of nitrogens with zero attached hydrogens (tertiary/aromatic N) is 3. The molecule has 4 rings (SSSR count). The van der Waals surface area contributed by atoms with Crippen molar-refractivity contribution in [2.24, 2.45) is 7.05 Å². The molecule has 0 amide bonds. The fourth-order valence-electron chi connectivity index (χ4n) is 3.52. The van der Waals surface area contributed by atoms with Gasteiger partial charge in [-0.1, -0.05) is 0 Å². The number of benzene rings is 1. The maximum Gasteiger partial charge on any atom is 0.123 e. The van der Waals surface area contributed by atoms with E-state index in [1.165, 1.54) is 17.7 Å². The molecular weight excluding hydrogens is 351 g/mol. The fourth-order valence-corrected chi connectivity index (χ4v) is 3.52. The second kappa shape index (κ2) is 7.56. The van der Waals surface area contributed by atoms with E-state index in [9.17, 15) is 4.39 Å². The molecule has 2 unspecified atom stereocenters. The first kappa shape index (κ1) is 18.5. The molecule has 0 spiro atoms. The lowest BCUT2D eigenvalue weighted by Crippen LogP contribution is -2.16. The van der Waals surface area contributed by atoms with Gasteiger partial charge in [0.15, 0.2) is 0 Å². The van der Waals surface area contributed by atoms with Gasteiger partial charge in [0.1, 0.15) is 5.82 Å². The van der Waals surface area contributed by atoms with E-state index in [0.29, 0.717) is 12.0 Å². The van der Waals surface area contributed by atoms with E-state index in [4.69, 9.17) is 0 Å². The summed E-state index contributed by atoms with van der Waals surface area (Å²) < 4.78 is 15.0. The van der Waals surface area contributed by atoms with Crippen LogP contribution in [0.25, 0.3) is 22.5 Å². The second-order valence-corrected chi connectivity index (χ2v) is 6.78. The summed E-state index contributed by atoms with van der Waals surface area (Å²) in [4.78, 5) is 4.66. The minimum Gasteiger partial charge on any atom is -0.314 e. The van der Waals surface area contributed by atoms with E-state index in [2.05, 4.69) is 28.4 Å². The van der Waals surface area contributed by atoms with Crippen molar-refractivity contribution in [2.75, 3.05) is 6.54 Å². The highest BCUT2D eigenvalue weighted by atomic mass is 35.5. The number of aryl methyl sites for hydroxylation is 1. The molecule has 1 aromatic carbocycles. The number of pyridine rings is 1. The Labute approximate surface area is 158 Å². The third kappa shape index (κ3) is 3.64. The molecule has 0 bridgehead atoms. The highest BCUT2D eigenvalue weighted by molar-refractivity contribution is 5.85. The van der Waals surface area contributed by atoms with Gasteiger partial charge in [-0.2, -0.15) is 5.10 Å². The summed E-state index contributed by atoms with van der Waals surface area (Å²) in [6, 6.07) is 11.1. The Morgan fingerprint density at radius 3 is 2.54 bits per heavy atom. The van der Waals surface area contributed by atoms with E-state index < -0.39 is 0 Å². The standard InChI is InChI=1S/C20H21FN4.ClH/c1-13-9-15(11-22-13)18-12-23-20(14-3-5-16(21)6-4-14)10-17(18)19-7-8-25(2)24-19;/h3-8,10,12-13,15,22H,9,11H2,1-2H3;1H. The van der Waals surface area contributed by atoms with Crippen LogP contribution < -0.4 is 5.32 Å². The van der Waals surface area contributed by atoms with Crippen LogP contribution in [0.15, 0.2) is 48.8 Å². The van der Waals surface area contributed by atoms with Gasteiger partial charge >= 0.3 is 0 Å². The van der Waals surface area contributed by atoms with Gasteiger partial charge in [-0.3, -0.25) is 9.67 Å². The number of hydrogen-bond acceptors (Lipinski definition) is 3. The van der Waals surface area contributed by atoms with Gasteiger partial charge in [-0.25, -0.2) is 4.39 Å². The van der Waals surface area contributed by atoms with Crippen molar-refractivity contribution in [3.05, 3.63) is 60.2 Å². The number of nitrogens with one attached hydrogen (secondary N) is 1. The normalized spacial score (nSPS) is 19.3. The zero-order valence-electron chi connectivity index (χ0n) is 14.8. The van der Waals surface area contributed by atoms with Crippen LogP contribution in [0.1, 0.15) is 24.8 Å². The Bertz CT molecular complexity index is 891. The maximum atomic E-state index is 13.2. The van der Waals surface area contributed by atoms with Gasteiger partial charge in [-0.15, -0.1) is 12.4 Å². The van der Waals surface area contributed by atoms with Crippen molar-refractivity contribution in [1.82, 2.24) is 20.1 Å². The minimum absolute atomic E-state index is 0. The summed E-state index contributed by atoms with van der Waals surface area (Å²) in [7, 11) is 1.92. The first-order chi connectivity index (χ1) is 12.1. The topological polar surface area (TPSA) is 42.7 Å². The third-order valence-corrected chi connectivity index (χ3v) is 4.85. The molecule has 136 valence electrons. The molecule has 3 aromatic rings. The Morgan fingerprint density at radius 1 is 1.15 bits per heavy atom. The Balaban J connectivity index is 0.00000196. The number of aromatic nitrogens is 3. The molecule has 0 saturated carbocycles. The number of hydrogen-bond donors (Lipinski definition) is 1. The molecule has 1 saturated heterocycles. The summed E-state index contributed by atoms with van der Waals surface area (Å²) in [5.74, 6) is 0.193. The molecular formula is C20H22ClFN4. The van der Waals surface area contributed by atoms with Gasteiger partial charge in [0, 0.05) is 49.1 Å². The lowest BCUT2D eigenvalue weighted by Gasteiger charge is -2.15. The number of halogens is 2. The second-order valence-electron chi connectivity index (χ2n) is 6.78. The SMILES string of the molecule is CC1CC(c2cnc(-c3ccc(F)cc3)cc2-c2ccn(C)n2)CN1.Cl. The van der Waals surface area contributed by atoms with Crippen molar-refractivity contribution in [1.29, 1.82) is 0 Å². The van der Waals surface area contributed by atoms with Crippen LogP contribution in [0.4, 0.5) is 4.39 Å². The zero-order valence-corrected chi connectivity index (χ0v) is 15.6. The first-order valence-electron chi connectivity index (χ1n) is 8.59. The Morgan fingerprint density at radius 2 is 1.92 bits per heavy atom. The van der Waals surface area contributed by atoms with Gasteiger partial charge in [0.25, 0.3) is 0 Å². The molecule has 2 aromatic heterocycles. The molecule has 2 atom stereocenters. The van der Waals surface area contributed by atoms with E-state index in [0.717, 1.165) is 35.5 Å². The summed E-state index contributed by atoms with van der Waals surface area (Å²) in [6.07, 6.45) is 5.01. The summed E-state index contributed by atoms with van der Waals surface area (Å²) >= 11 is 0. The Kier molecular flexibility index (Phi) is 5.39. The van der Waals surface area contributed by atoms with Crippen molar-refractivity contribution in [3.63, 3.8) is 0 Å². The molecule has 0 aliphatic carbocycles. The van der Waals surface area contributed by atoms with Gasteiger partial charge < -0.3 is 5.32 Å². The van der Waals surface area contributed by atoms with Crippen molar-refractivity contribution in [3.8, 4) is 22.5 Å². The lowest BCUT2D eigenvalue weighted by molar-refractivity contribution is 0.628. The predicted molar refractivity (Wildman–Crippen MR) is 104 cm³/mol. The zero-order chi connectivity index (χ0) is 17.4. The van der Waals surface area contributed by atoms with Crippen LogP contribution in [0.2, 0.25) is 0 Å². The van der Waals surface area contributed by atoms with Crippen LogP contribution in [0.5, 0.6) is 0 Å². The number of rotatable bonds is 3. The van der Waals surface area contributed by atoms with Crippen LogP contribution in [-0.2, 0) is 7.05 Å². The van der Waals surface area contributed by atoms with Crippen molar-refractivity contribution in [2.45, 2.75) is 25.3 Å². The van der Waals surface area contributed by atoms with Gasteiger partial charge in [-0.05, 0) is 55.3 Å². The van der Waals surface area contributed by atoms with Gasteiger partial charge in [0.05, 0.1) is 11.4 Å². The van der Waals surface area contributed by atoms with E-state index in [1.807, 2.05) is 30.2 Å². The molecule has 1 aliphatic heterocycles. The van der Waals surface area contributed by atoms with Crippen molar-refractivity contribution >= 4 is 12.4 Å². The minimum atomic E-state index is -0.240. The first-order valence-corrected chi connectivity index (χ1v) is 8.59. The average Bonchev–Trinajstić information content (AvgIpc) is 3.23. The fraction of sp³-hybridized carbons (Fsp3) is 0.300. The van der Waals surface area contributed by atoms with E-state index in [1.54, 1.807) is 12.1 Å². The van der Waals surface area contributed by atoms with Crippen LogP contribution in [-0.4, -0.2) is 27.4 Å². The molecule has 1 N–H and O–H groups in total. The van der Waals surface area contributed by atoms with Crippen LogP contribution >= 0.6 is 12.4 Å². The lowest BCUT2D eigenvalue weighted by atomic mass is 9.91. The maximum absolute atomic E-state index is 13.2. The van der Waals surface area contributed by atoms with E-state index >= 15 is 0 Å². The Hall–Kier alpha value is -2.24. The van der Waals surface area contributed by atoms with E-state index in [-0.39, 0.29) is 18.2 Å². The largest absolute Gasteiger partial charge is 0.314 e. The monoisotopic (exact) mass is 372 g/mol. The molecule has 1 aliphatic rings. The summed E-state index contributed by atoms with van der Waals surface area (Å²) in [6.45, 7) is 3.17.